The molecule has 2 rings (SSSR count). The molecule has 4 heteroatoms. The average molecular weight is 235 g/mol. The van der Waals surface area contributed by atoms with Gasteiger partial charge >= 0.3 is 0 Å². The van der Waals surface area contributed by atoms with Gasteiger partial charge in [0.05, 0.1) is 6.61 Å². The summed E-state index contributed by atoms with van der Waals surface area (Å²) >= 11 is 0. The molecule has 1 heterocycles. The van der Waals surface area contributed by atoms with Gasteiger partial charge in [-0.2, -0.15) is 0 Å². The third kappa shape index (κ3) is 3.05. The van der Waals surface area contributed by atoms with Crippen LogP contribution in [0.1, 0.15) is 24.0 Å². The maximum atomic E-state index is 11.7. The molecule has 1 fully saturated rings. The molecule has 4 nitrogen and oxygen atoms in total. The van der Waals surface area contributed by atoms with Crippen molar-refractivity contribution in [3.63, 3.8) is 0 Å². The van der Waals surface area contributed by atoms with Crippen LogP contribution in [0.5, 0.6) is 0 Å². The number of hydrogen-bond donors (Lipinski definition) is 2. The Balaban J connectivity index is 1.90. The summed E-state index contributed by atoms with van der Waals surface area (Å²) in [7, 11) is 0. The first-order chi connectivity index (χ1) is 8.31. The van der Waals surface area contributed by atoms with Crippen LogP contribution in [0, 0.1) is 0 Å². The highest BCUT2D eigenvalue weighted by Gasteiger charge is 2.23. The summed E-state index contributed by atoms with van der Waals surface area (Å²) in [6.07, 6.45) is 1.45. The van der Waals surface area contributed by atoms with Crippen LogP contribution in [-0.4, -0.2) is 23.7 Å². The molecule has 1 amide bonds. The van der Waals surface area contributed by atoms with Crippen molar-refractivity contribution in [3.05, 3.63) is 35.4 Å². The van der Waals surface area contributed by atoms with Crippen molar-refractivity contribution >= 4 is 5.91 Å². The topological polar surface area (TPSA) is 58.6 Å². The van der Waals surface area contributed by atoms with Gasteiger partial charge in [-0.3, -0.25) is 4.79 Å². The molecule has 17 heavy (non-hydrogen) atoms. The summed E-state index contributed by atoms with van der Waals surface area (Å²) < 4.78 is 5.30. The first-order valence-electron chi connectivity index (χ1n) is 5.88. The van der Waals surface area contributed by atoms with E-state index in [-0.39, 0.29) is 18.6 Å². The van der Waals surface area contributed by atoms with Crippen molar-refractivity contribution in [2.75, 3.05) is 6.61 Å². The van der Waals surface area contributed by atoms with Gasteiger partial charge < -0.3 is 15.2 Å². The predicted octanol–water partition coefficient (Wildman–Crippen LogP) is 0.974. The van der Waals surface area contributed by atoms with E-state index in [0.717, 1.165) is 24.0 Å². The van der Waals surface area contributed by atoms with Crippen molar-refractivity contribution in [2.24, 2.45) is 0 Å². The van der Waals surface area contributed by atoms with Crippen LogP contribution in [0.4, 0.5) is 0 Å². The molecule has 0 saturated carbocycles. The van der Waals surface area contributed by atoms with Gasteiger partial charge in [-0.1, -0.05) is 24.3 Å². The van der Waals surface area contributed by atoms with Gasteiger partial charge in [-0.15, -0.1) is 0 Å². The number of nitrogens with one attached hydrogen (secondary N) is 1. The molecule has 92 valence electrons. The molecule has 0 aliphatic carbocycles. The number of hydrogen-bond acceptors (Lipinski definition) is 3. The van der Waals surface area contributed by atoms with E-state index in [4.69, 9.17) is 9.84 Å². The lowest BCUT2D eigenvalue weighted by molar-refractivity contribution is -0.130. The van der Waals surface area contributed by atoms with Crippen molar-refractivity contribution in [3.8, 4) is 0 Å². The molecule has 1 saturated heterocycles. The number of ether oxygens (including phenoxy) is 1. The number of aliphatic hydroxyl groups is 1. The monoisotopic (exact) mass is 235 g/mol. The maximum absolute atomic E-state index is 11.7. The van der Waals surface area contributed by atoms with E-state index in [1.807, 2.05) is 24.3 Å². The Morgan fingerprint density at radius 2 is 2.18 bits per heavy atom. The van der Waals surface area contributed by atoms with Crippen molar-refractivity contribution in [1.82, 2.24) is 5.32 Å². The molecule has 1 aromatic carbocycles. The van der Waals surface area contributed by atoms with E-state index in [0.29, 0.717) is 13.2 Å². The summed E-state index contributed by atoms with van der Waals surface area (Å²) in [6.45, 7) is 1.10. The van der Waals surface area contributed by atoms with E-state index in [1.54, 1.807) is 0 Å². The fourth-order valence-electron chi connectivity index (χ4n) is 1.96. The zero-order valence-electron chi connectivity index (χ0n) is 9.69. The van der Waals surface area contributed by atoms with Crippen LogP contribution in [0.3, 0.4) is 0 Å². The Morgan fingerprint density at radius 1 is 1.41 bits per heavy atom. The molecule has 1 atom stereocenters. The van der Waals surface area contributed by atoms with E-state index in [9.17, 15) is 4.79 Å². The van der Waals surface area contributed by atoms with Crippen molar-refractivity contribution < 1.29 is 14.6 Å². The minimum absolute atomic E-state index is 0.00796. The first-order valence-corrected chi connectivity index (χ1v) is 5.88. The molecule has 0 spiro atoms. The minimum Gasteiger partial charge on any atom is -0.392 e. The Hall–Kier alpha value is -1.39. The SMILES string of the molecule is O=C(NCc1ccccc1CO)C1CCCO1. The predicted molar refractivity (Wildman–Crippen MR) is 63.2 cm³/mol. The highest BCUT2D eigenvalue weighted by Crippen LogP contribution is 2.13. The fraction of sp³-hybridized carbons (Fsp3) is 0.462. The normalized spacial score (nSPS) is 19.2. The van der Waals surface area contributed by atoms with Gasteiger partial charge in [0.25, 0.3) is 0 Å². The highest BCUT2D eigenvalue weighted by molar-refractivity contribution is 5.80. The smallest absolute Gasteiger partial charge is 0.249 e. The number of carbonyl (C=O) groups excluding carboxylic acids is 1. The highest BCUT2D eigenvalue weighted by atomic mass is 16.5. The van der Waals surface area contributed by atoms with Crippen LogP contribution in [0.15, 0.2) is 24.3 Å². The van der Waals surface area contributed by atoms with Gasteiger partial charge in [0, 0.05) is 13.2 Å². The zero-order valence-corrected chi connectivity index (χ0v) is 9.69. The maximum Gasteiger partial charge on any atom is 0.249 e. The molecular formula is C13H17NO3. The summed E-state index contributed by atoms with van der Waals surface area (Å²) in [6, 6.07) is 7.53. The lowest BCUT2D eigenvalue weighted by Crippen LogP contribution is -2.33. The molecule has 1 aromatic rings. The second-order valence-electron chi connectivity index (χ2n) is 4.15. The largest absolute Gasteiger partial charge is 0.392 e. The quantitative estimate of drug-likeness (QED) is 0.817. The van der Waals surface area contributed by atoms with Crippen LogP contribution in [-0.2, 0) is 22.7 Å². The fourth-order valence-corrected chi connectivity index (χ4v) is 1.96. The summed E-state index contributed by atoms with van der Waals surface area (Å²) in [5, 5.41) is 12.0. The first kappa shape index (κ1) is 12.1. The number of carbonyl (C=O) groups is 1. The minimum atomic E-state index is -0.295. The van der Waals surface area contributed by atoms with Crippen LogP contribution in [0.25, 0.3) is 0 Å². The molecular weight excluding hydrogens is 218 g/mol. The molecule has 1 aliphatic rings. The lowest BCUT2D eigenvalue weighted by atomic mass is 10.1. The lowest BCUT2D eigenvalue weighted by Gasteiger charge is -2.12. The Morgan fingerprint density at radius 3 is 2.82 bits per heavy atom. The molecule has 1 unspecified atom stereocenters. The molecule has 0 aromatic heterocycles. The van der Waals surface area contributed by atoms with Gasteiger partial charge in [-0.05, 0) is 24.0 Å². The second-order valence-corrected chi connectivity index (χ2v) is 4.15. The van der Waals surface area contributed by atoms with Gasteiger partial charge in [0.15, 0.2) is 0 Å². The summed E-state index contributed by atoms with van der Waals surface area (Å²) in [5.74, 6) is -0.0600. The number of benzene rings is 1. The standard InChI is InChI=1S/C13H17NO3/c15-9-11-5-2-1-4-10(11)8-14-13(16)12-6-3-7-17-12/h1-2,4-5,12,15H,3,6-9H2,(H,14,16). The molecule has 1 aliphatic heterocycles. The number of amides is 1. The van der Waals surface area contributed by atoms with Gasteiger partial charge in [0.2, 0.25) is 5.91 Å². The Kier molecular flexibility index (Phi) is 4.12. The Labute approximate surface area is 101 Å². The molecule has 2 N–H and O–H groups in total. The van der Waals surface area contributed by atoms with E-state index >= 15 is 0 Å². The van der Waals surface area contributed by atoms with E-state index < -0.39 is 0 Å². The summed E-state index contributed by atoms with van der Waals surface area (Å²) in [5.41, 5.74) is 1.79. The van der Waals surface area contributed by atoms with Crippen molar-refractivity contribution in [2.45, 2.75) is 32.1 Å². The third-order valence-electron chi connectivity index (χ3n) is 2.96. The van der Waals surface area contributed by atoms with Crippen molar-refractivity contribution in [1.29, 1.82) is 0 Å². The average Bonchev–Trinajstić information content (AvgIpc) is 2.90. The zero-order chi connectivity index (χ0) is 12.1. The van der Waals surface area contributed by atoms with Gasteiger partial charge in [-0.25, -0.2) is 0 Å². The molecule has 0 radical (unpaired) electrons. The van der Waals surface area contributed by atoms with Crippen LogP contribution < -0.4 is 5.32 Å². The van der Waals surface area contributed by atoms with Crippen LogP contribution in [0.2, 0.25) is 0 Å². The van der Waals surface area contributed by atoms with Gasteiger partial charge in [0.1, 0.15) is 6.10 Å². The number of aliphatic hydroxyl groups excluding tert-OH is 1. The van der Waals surface area contributed by atoms with E-state index in [2.05, 4.69) is 5.32 Å². The Bertz CT molecular complexity index is 386. The van der Waals surface area contributed by atoms with E-state index in [1.165, 1.54) is 0 Å². The number of rotatable bonds is 4. The third-order valence-corrected chi connectivity index (χ3v) is 2.96. The van der Waals surface area contributed by atoms with Crippen LogP contribution >= 0.6 is 0 Å². The molecule has 0 bridgehead atoms. The second kappa shape index (κ2) is 5.80. The summed E-state index contributed by atoms with van der Waals surface area (Å²) in [4.78, 5) is 11.7.